The Kier molecular flexibility index (Phi) is 4.97. The Morgan fingerprint density at radius 3 is 2.00 bits per heavy atom. The maximum absolute atomic E-state index is 11.2. The molecular formula is C9H19N3O2. The molecule has 0 saturated carbocycles. The van der Waals surface area contributed by atoms with Crippen molar-refractivity contribution in [3.8, 4) is 0 Å². The van der Waals surface area contributed by atoms with E-state index in [1.807, 2.05) is 20.8 Å². The molecule has 0 saturated heterocycles. The summed E-state index contributed by atoms with van der Waals surface area (Å²) in [7, 11) is 0. The van der Waals surface area contributed by atoms with Crippen molar-refractivity contribution in [3.05, 3.63) is 0 Å². The molecule has 0 fully saturated rings. The highest BCUT2D eigenvalue weighted by Crippen LogP contribution is 1.96. The summed E-state index contributed by atoms with van der Waals surface area (Å²) < 4.78 is 0. The van der Waals surface area contributed by atoms with Crippen LogP contribution in [0.4, 0.5) is 4.79 Å². The lowest BCUT2D eigenvalue weighted by atomic mass is 10.1. The van der Waals surface area contributed by atoms with E-state index in [1.54, 1.807) is 0 Å². The van der Waals surface area contributed by atoms with Gasteiger partial charge < -0.3 is 16.0 Å². The van der Waals surface area contributed by atoms with Crippen molar-refractivity contribution < 1.29 is 9.59 Å². The fourth-order valence-electron chi connectivity index (χ4n) is 0.799. The molecule has 0 bridgehead atoms. The van der Waals surface area contributed by atoms with Crippen LogP contribution in [0, 0.1) is 0 Å². The maximum Gasteiger partial charge on any atom is 0.315 e. The summed E-state index contributed by atoms with van der Waals surface area (Å²) in [6.45, 7) is 8.03. The number of hydrogen-bond donors (Lipinski definition) is 3. The average molecular weight is 201 g/mol. The summed E-state index contributed by atoms with van der Waals surface area (Å²) in [4.78, 5) is 21.6. The molecular weight excluding hydrogens is 182 g/mol. The Hall–Kier alpha value is -1.26. The third-order valence-corrected chi connectivity index (χ3v) is 1.27. The van der Waals surface area contributed by atoms with Gasteiger partial charge in [0.15, 0.2) is 0 Å². The minimum absolute atomic E-state index is 0.0944. The first-order chi connectivity index (χ1) is 6.31. The topological polar surface area (TPSA) is 70.2 Å². The minimum Gasteiger partial charge on any atom is -0.355 e. The lowest BCUT2D eigenvalue weighted by Gasteiger charge is -2.20. The van der Waals surface area contributed by atoms with Gasteiger partial charge in [0.05, 0.1) is 0 Å². The van der Waals surface area contributed by atoms with Gasteiger partial charge in [0.2, 0.25) is 5.91 Å². The van der Waals surface area contributed by atoms with Crippen LogP contribution >= 0.6 is 0 Å². The van der Waals surface area contributed by atoms with Crippen molar-refractivity contribution in [1.82, 2.24) is 16.0 Å². The fourth-order valence-corrected chi connectivity index (χ4v) is 0.799. The van der Waals surface area contributed by atoms with Crippen LogP contribution < -0.4 is 16.0 Å². The SMILES string of the molecule is CC(=O)NCCNC(=O)NC(C)(C)C. The minimum atomic E-state index is -0.238. The zero-order chi connectivity index (χ0) is 11.2. The summed E-state index contributed by atoms with van der Waals surface area (Å²) in [6.07, 6.45) is 0. The Bertz CT molecular complexity index is 209. The van der Waals surface area contributed by atoms with Gasteiger partial charge in [-0.2, -0.15) is 0 Å². The Morgan fingerprint density at radius 1 is 1.07 bits per heavy atom. The first-order valence-electron chi connectivity index (χ1n) is 4.62. The van der Waals surface area contributed by atoms with Crippen molar-refractivity contribution in [1.29, 1.82) is 0 Å². The van der Waals surface area contributed by atoms with E-state index in [2.05, 4.69) is 16.0 Å². The lowest BCUT2D eigenvalue weighted by Crippen LogP contribution is -2.47. The standard InChI is InChI=1S/C9H19N3O2/c1-7(13)10-5-6-11-8(14)12-9(2,3)4/h5-6H2,1-4H3,(H,10,13)(H2,11,12,14). The third kappa shape index (κ3) is 8.83. The number of urea groups is 1. The quantitative estimate of drug-likeness (QED) is 0.572. The molecule has 5 heteroatoms. The van der Waals surface area contributed by atoms with Gasteiger partial charge in [-0.3, -0.25) is 4.79 Å². The number of carbonyl (C=O) groups excluding carboxylic acids is 2. The normalized spacial score (nSPS) is 10.6. The Labute approximate surface area is 84.6 Å². The summed E-state index contributed by atoms with van der Waals surface area (Å²) in [5.74, 6) is -0.0944. The molecule has 3 N–H and O–H groups in total. The van der Waals surface area contributed by atoms with E-state index in [0.29, 0.717) is 13.1 Å². The summed E-state index contributed by atoms with van der Waals surface area (Å²) in [6, 6.07) is -0.220. The van der Waals surface area contributed by atoms with E-state index in [9.17, 15) is 9.59 Å². The summed E-state index contributed by atoms with van der Waals surface area (Å²) in [5.41, 5.74) is -0.238. The summed E-state index contributed by atoms with van der Waals surface area (Å²) >= 11 is 0. The van der Waals surface area contributed by atoms with Gasteiger partial charge in [-0.1, -0.05) is 0 Å². The van der Waals surface area contributed by atoms with E-state index in [0.717, 1.165) is 0 Å². The van der Waals surface area contributed by atoms with Crippen LogP contribution in [-0.2, 0) is 4.79 Å². The summed E-state index contributed by atoms with van der Waals surface area (Å²) in [5, 5.41) is 7.96. The van der Waals surface area contributed by atoms with Gasteiger partial charge in [0, 0.05) is 25.6 Å². The molecule has 0 atom stereocenters. The first-order valence-corrected chi connectivity index (χ1v) is 4.62. The van der Waals surface area contributed by atoms with E-state index >= 15 is 0 Å². The zero-order valence-corrected chi connectivity index (χ0v) is 9.23. The molecule has 0 aromatic carbocycles. The highest BCUT2D eigenvalue weighted by atomic mass is 16.2. The highest BCUT2D eigenvalue weighted by molar-refractivity contribution is 5.75. The molecule has 0 unspecified atom stereocenters. The van der Waals surface area contributed by atoms with Crippen LogP contribution in [-0.4, -0.2) is 30.6 Å². The van der Waals surface area contributed by atoms with Crippen LogP contribution in [0.1, 0.15) is 27.7 Å². The monoisotopic (exact) mass is 201 g/mol. The van der Waals surface area contributed by atoms with Crippen molar-refractivity contribution >= 4 is 11.9 Å². The number of nitrogens with one attached hydrogen (secondary N) is 3. The maximum atomic E-state index is 11.2. The molecule has 0 aliphatic heterocycles. The van der Waals surface area contributed by atoms with Crippen LogP contribution in [0.25, 0.3) is 0 Å². The molecule has 0 aliphatic rings. The molecule has 82 valence electrons. The van der Waals surface area contributed by atoms with Crippen LogP contribution in [0.5, 0.6) is 0 Å². The second kappa shape index (κ2) is 5.47. The molecule has 0 spiro atoms. The zero-order valence-electron chi connectivity index (χ0n) is 9.23. The number of carbonyl (C=O) groups is 2. The van der Waals surface area contributed by atoms with Crippen molar-refractivity contribution in [2.24, 2.45) is 0 Å². The Morgan fingerprint density at radius 2 is 1.57 bits per heavy atom. The van der Waals surface area contributed by atoms with E-state index in [4.69, 9.17) is 0 Å². The van der Waals surface area contributed by atoms with Gasteiger partial charge >= 0.3 is 6.03 Å². The van der Waals surface area contributed by atoms with Crippen molar-refractivity contribution in [2.75, 3.05) is 13.1 Å². The molecule has 5 nitrogen and oxygen atoms in total. The molecule has 14 heavy (non-hydrogen) atoms. The first kappa shape index (κ1) is 12.7. The molecule has 0 heterocycles. The van der Waals surface area contributed by atoms with Crippen LogP contribution in [0.2, 0.25) is 0 Å². The predicted octanol–water partition coefficient (Wildman–Crippen LogP) is 0.220. The van der Waals surface area contributed by atoms with Gasteiger partial charge in [-0.05, 0) is 20.8 Å². The van der Waals surface area contributed by atoms with Crippen molar-refractivity contribution in [2.45, 2.75) is 33.2 Å². The smallest absolute Gasteiger partial charge is 0.315 e. The van der Waals surface area contributed by atoms with Gasteiger partial charge in [0.1, 0.15) is 0 Å². The largest absolute Gasteiger partial charge is 0.355 e. The molecule has 0 aromatic rings. The predicted molar refractivity (Wildman–Crippen MR) is 55.0 cm³/mol. The highest BCUT2D eigenvalue weighted by Gasteiger charge is 2.12. The molecule has 0 rings (SSSR count). The molecule has 0 radical (unpaired) electrons. The van der Waals surface area contributed by atoms with E-state index in [-0.39, 0.29) is 17.5 Å². The van der Waals surface area contributed by atoms with Gasteiger partial charge in [-0.15, -0.1) is 0 Å². The van der Waals surface area contributed by atoms with Crippen LogP contribution in [0.15, 0.2) is 0 Å². The molecule has 3 amide bonds. The van der Waals surface area contributed by atoms with Gasteiger partial charge in [-0.25, -0.2) is 4.79 Å². The lowest BCUT2D eigenvalue weighted by molar-refractivity contribution is -0.118. The second-order valence-corrected chi connectivity index (χ2v) is 4.11. The number of rotatable bonds is 3. The molecule has 0 aliphatic carbocycles. The van der Waals surface area contributed by atoms with Crippen LogP contribution in [0.3, 0.4) is 0 Å². The van der Waals surface area contributed by atoms with E-state index in [1.165, 1.54) is 6.92 Å². The second-order valence-electron chi connectivity index (χ2n) is 4.11. The number of hydrogen-bond acceptors (Lipinski definition) is 2. The third-order valence-electron chi connectivity index (χ3n) is 1.27. The van der Waals surface area contributed by atoms with E-state index < -0.39 is 0 Å². The fraction of sp³-hybridized carbons (Fsp3) is 0.778. The average Bonchev–Trinajstić information content (AvgIpc) is 1.94. The Balaban J connectivity index is 3.50. The van der Waals surface area contributed by atoms with Gasteiger partial charge in [0.25, 0.3) is 0 Å². The molecule has 0 aromatic heterocycles. The van der Waals surface area contributed by atoms with Crippen molar-refractivity contribution in [3.63, 3.8) is 0 Å². The number of amides is 3.